The van der Waals surface area contributed by atoms with Crippen molar-refractivity contribution < 1.29 is 23.5 Å². The van der Waals surface area contributed by atoms with Gasteiger partial charge in [-0.25, -0.2) is 14.2 Å². The number of hydrogen-bond donors (Lipinski definition) is 1. The van der Waals surface area contributed by atoms with Crippen LogP contribution in [0.4, 0.5) is 14.9 Å². The van der Waals surface area contributed by atoms with Crippen molar-refractivity contribution in [3.8, 4) is 10.4 Å². The van der Waals surface area contributed by atoms with Crippen LogP contribution >= 0.6 is 11.3 Å². The molecule has 2 heterocycles. The number of thiazole rings is 1. The highest BCUT2D eigenvalue weighted by atomic mass is 32.1. The molecular formula is C22H26FN3O4S. The van der Waals surface area contributed by atoms with Gasteiger partial charge < -0.3 is 19.7 Å². The van der Waals surface area contributed by atoms with Gasteiger partial charge >= 0.3 is 6.09 Å². The van der Waals surface area contributed by atoms with Crippen molar-refractivity contribution in [2.24, 2.45) is 0 Å². The normalized spacial score (nSPS) is 21.3. The summed E-state index contributed by atoms with van der Waals surface area (Å²) in [6.45, 7) is 2.39. The standard InChI is InChI=1S/C22H26FN3O4S/c1-13(27)26(2)16-7-8-18(19(23)9-16)20-10-24-21(31-20)14-3-5-15(6-4-14)25-22(28)30-17-11-29-12-17/h7-10,14-15,17H,3-6,11-12H2,1-2H3,(H,25,28)/t14-,15-. The molecule has 31 heavy (non-hydrogen) atoms. The second-order valence-corrected chi connectivity index (χ2v) is 9.12. The molecule has 0 bridgehead atoms. The SMILES string of the molecule is CC(=O)N(C)c1ccc(-c2cnc([C@H]3CC[C@H](NC(=O)OC4COC4)CC3)s2)c(F)c1. The van der Waals surface area contributed by atoms with Gasteiger partial charge in [-0.15, -0.1) is 11.3 Å². The van der Waals surface area contributed by atoms with Gasteiger partial charge in [-0.3, -0.25) is 4.79 Å². The van der Waals surface area contributed by atoms with E-state index in [1.54, 1.807) is 25.4 Å². The second-order valence-electron chi connectivity index (χ2n) is 8.06. The van der Waals surface area contributed by atoms with Crippen molar-refractivity contribution in [1.29, 1.82) is 0 Å². The number of alkyl carbamates (subject to hydrolysis) is 1. The number of carbonyl (C=O) groups is 2. The minimum atomic E-state index is -0.373. The largest absolute Gasteiger partial charge is 0.441 e. The van der Waals surface area contributed by atoms with Crippen LogP contribution in [-0.2, 0) is 14.3 Å². The topological polar surface area (TPSA) is 80.8 Å². The third-order valence-corrected chi connectivity index (χ3v) is 7.07. The molecule has 0 radical (unpaired) electrons. The number of ether oxygens (including phenoxy) is 2. The van der Waals surface area contributed by atoms with Gasteiger partial charge in [0.1, 0.15) is 5.82 Å². The average molecular weight is 448 g/mol. The van der Waals surface area contributed by atoms with Crippen LogP contribution in [0.3, 0.4) is 0 Å². The van der Waals surface area contributed by atoms with Gasteiger partial charge in [-0.05, 0) is 43.9 Å². The maximum Gasteiger partial charge on any atom is 0.407 e. The van der Waals surface area contributed by atoms with Crippen molar-refractivity contribution in [3.63, 3.8) is 0 Å². The Morgan fingerprint density at radius 1 is 1.26 bits per heavy atom. The molecule has 2 amide bonds. The summed E-state index contributed by atoms with van der Waals surface area (Å²) in [5, 5.41) is 3.93. The van der Waals surface area contributed by atoms with Crippen LogP contribution < -0.4 is 10.2 Å². The fraction of sp³-hybridized carbons (Fsp3) is 0.500. The van der Waals surface area contributed by atoms with Crippen LogP contribution in [0.15, 0.2) is 24.4 Å². The predicted molar refractivity (Wildman–Crippen MR) is 116 cm³/mol. The molecule has 1 saturated carbocycles. The lowest BCUT2D eigenvalue weighted by Crippen LogP contribution is -2.44. The fourth-order valence-electron chi connectivity index (χ4n) is 3.81. The van der Waals surface area contributed by atoms with Gasteiger partial charge in [0.2, 0.25) is 5.91 Å². The molecule has 1 aromatic heterocycles. The number of nitrogens with one attached hydrogen (secondary N) is 1. The Bertz CT molecular complexity index is 954. The van der Waals surface area contributed by atoms with Crippen LogP contribution in [0, 0.1) is 5.82 Å². The van der Waals surface area contributed by atoms with Gasteiger partial charge in [-0.2, -0.15) is 0 Å². The molecule has 166 valence electrons. The van der Waals surface area contributed by atoms with E-state index < -0.39 is 0 Å². The first-order chi connectivity index (χ1) is 14.9. The molecule has 2 fully saturated rings. The van der Waals surface area contributed by atoms with Crippen LogP contribution in [-0.4, -0.2) is 49.4 Å². The molecule has 2 aliphatic rings. The van der Waals surface area contributed by atoms with Gasteiger partial charge in [0.05, 0.1) is 23.1 Å². The van der Waals surface area contributed by atoms with Crippen molar-refractivity contribution in [1.82, 2.24) is 10.3 Å². The van der Waals surface area contributed by atoms with Gasteiger partial charge in [-0.1, -0.05) is 0 Å². The number of anilines is 1. The summed E-state index contributed by atoms with van der Waals surface area (Å²) in [5.74, 6) is -0.217. The lowest BCUT2D eigenvalue weighted by Gasteiger charge is -2.30. The van der Waals surface area contributed by atoms with Gasteiger partial charge in [0, 0.05) is 43.4 Å². The molecule has 0 spiro atoms. The van der Waals surface area contributed by atoms with Crippen molar-refractivity contribution in [3.05, 3.63) is 35.2 Å². The number of carbonyl (C=O) groups excluding carboxylic acids is 2. The minimum absolute atomic E-state index is 0.104. The highest BCUT2D eigenvalue weighted by Crippen LogP contribution is 2.38. The Labute approximate surface area is 184 Å². The molecule has 0 atom stereocenters. The number of benzene rings is 1. The van der Waals surface area contributed by atoms with Gasteiger partial charge in [0.15, 0.2) is 6.10 Å². The molecule has 1 saturated heterocycles. The highest BCUT2D eigenvalue weighted by Gasteiger charge is 2.28. The molecule has 7 nitrogen and oxygen atoms in total. The molecule has 1 aliphatic carbocycles. The fourth-order valence-corrected chi connectivity index (χ4v) is 4.93. The highest BCUT2D eigenvalue weighted by molar-refractivity contribution is 7.15. The number of hydrogen-bond acceptors (Lipinski definition) is 6. The van der Waals surface area contributed by atoms with E-state index in [0.29, 0.717) is 30.4 Å². The molecule has 1 aliphatic heterocycles. The molecule has 1 N–H and O–H groups in total. The molecule has 4 rings (SSSR count). The number of rotatable bonds is 5. The molecule has 1 aromatic carbocycles. The van der Waals surface area contributed by atoms with Crippen LogP contribution in [0.1, 0.15) is 43.5 Å². The number of aromatic nitrogens is 1. The lowest BCUT2D eigenvalue weighted by atomic mass is 9.86. The van der Waals surface area contributed by atoms with E-state index in [2.05, 4.69) is 10.3 Å². The van der Waals surface area contributed by atoms with Crippen LogP contribution in [0.25, 0.3) is 10.4 Å². The van der Waals surface area contributed by atoms with Crippen molar-refractivity contribution in [2.45, 2.75) is 50.7 Å². The first-order valence-electron chi connectivity index (χ1n) is 10.5. The zero-order valence-electron chi connectivity index (χ0n) is 17.6. The lowest BCUT2D eigenvalue weighted by molar-refractivity contribution is -0.116. The molecular weight excluding hydrogens is 421 g/mol. The Kier molecular flexibility index (Phi) is 6.52. The Morgan fingerprint density at radius 3 is 2.61 bits per heavy atom. The van der Waals surface area contributed by atoms with Gasteiger partial charge in [0.25, 0.3) is 0 Å². The zero-order chi connectivity index (χ0) is 22.0. The van der Waals surface area contributed by atoms with E-state index in [4.69, 9.17) is 9.47 Å². The number of amides is 2. The Balaban J connectivity index is 1.34. The summed E-state index contributed by atoms with van der Waals surface area (Å²) in [6, 6.07) is 4.92. The Hall–Kier alpha value is -2.52. The van der Waals surface area contributed by atoms with Crippen LogP contribution in [0.2, 0.25) is 0 Å². The summed E-state index contributed by atoms with van der Waals surface area (Å²) < 4.78 is 24.9. The summed E-state index contributed by atoms with van der Waals surface area (Å²) in [5.41, 5.74) is 1.01. The average Bonchev–Trinajstić information content (AvgIpc) is 3.20. The van der Waals surface area contributed by atoms with E-state index in [1.807, 2.05) is 0 Å². The van der Waals surface area contributed by atoms with Crippen molar-refractivity contribution in [2.75, 3.05) is 25.2 Å². The summed E-state index contributed by atoms with van der Waals surface area (Å²) in [4.78, 5) is 30.1. The second kappa shape index (κ2) is 9.32. The number of nitrogens with zero attached hydrogens (tertiary/aromatic N) is 2. The molecule has 0 unspecified atom stereocenters. The summed E-state index contributed by atoms with van der Waals surface area (Å²) in [6.07, 6.45) is 4.76. The first kappa shape index (κ1) is 21.7. The number of halogens is 1. The van der Waals surface area contributed by atoms with E-state index in [9.17, 15) is 14.0 Å². The Morgan fingerprint density at radius 2 is 2.00 bits per heavy atom. The quantitative estimate of drug-likeness (QED) is 0.747. The maximum absolute atomic E-state index is 14.7. The first-order valence-corrected chi connectivity index (χ1v) is 11.3. The third-order valence-electron chi connectivity index (χ3n) is 5.88. The molecule has 9 heteroatoms. The summed E-state index contributed by atoms with van der Waals surface area (Å²) in [7, 11) is 1.62. The van der Waals surface area contributed by atoms with Crippen molar-refractivity contribution >= 4 is 29.0 Å². The van der Waals surface area contributed by atoms with E-state index in [1.165, 1.54) is 29.2 Å². The van der Waals surface area contributed by atoms with Crippen LogP contribution in [0.5, 0.6) is 0 Å². The third kappa shape index (κ3) is 5.04. The van der Waals surface area contributed by atoms with E-state index in [0.717, 1.165) is 35.6 Å². The summed E-state index contributed by atoms with van der Waals surface area (Å²) >= 11 is 1.50. The predicted octanol–water partition coefficient (Wildman–Crippen LogP) is 4.08. The monoisotopic (exact) mass is 447 g/mol. The van der Waals surface area contributed by atoms with E-state index >= 15 is 0 Å². The zero-order valence-corrected chi connectivity index (χ0v) is 18.4. The molecule has 2 aromatic rings. The maximum atomic E-state index is 14.7. The minimum Gasteiger partial charge on any atom is -0.441 e. The van der Waals surface area contributed by atoms with E-state index in [-0.39, 0.29) is 30.0 Å². The smallest absolute Gasteiger partial charge is 0.407 e.